The summed E-state index contributed by atoms with van der Waals surface area (Å²) in [6.07, 6.45) is 0.917. The second kappa shape index (κ2) is 7.96. The lowest BCUT2D eigenvalue weighted by Crippen LogP contribution is -2.45. The van der Waals surface area contributed by atoms with Gasteiger partial charge in [-0.2, -0.15) is 0 Å². The van der Waals surface area contributed by atoms with E-state index >= 15 is 0 Å². The molecule has 1 N–H and O–H groups in total. The van der Waals surface area contributed by atoms with Gasteiger partial charge in [0.25, 0.3) is 0 Å². The lowest BCUT2D eigenvalue weighted by atomic mass is 10.2. The molecule has 0 fully saturated rings. The molecule has 10 heteroatoms. The summed E-state index contributed by atoms with van der Waals surface area (Å²) in [5.74, 6) is -1.37. The Labute approximate surface area is 171 Å². The van der Waals surface area contributed by atoms with E-state index in [2.05, 4.69) is 5.32 Å². The second-order valence-electron chi connectivity index (χ2n) is 6.47. The number of amides is 1. The maximum Gasteiger partial charge on any atom is 0.308 e. The van der Waals surface area contributed by atoms with Gasteiger partial charge in [0.15, 0.2) is 0 Å². The van der Waals surface area contributed by atoms with E-state index < -0.39 is 27.8 Å². The molecule has 7 nitrogen and oxygen atoms in total. The molecule has 0 saturated carbocycles. The third kappa shape index (κ3) is 4.18. The van der Waals surface area contributed by atoms with Gasteiger partial charge in [-0.25, -0.2) is 12.8 Å². The molecule has 0 spiro atoms. The molecule has 0 unspecified atom stereocenters. The number of halogens is 1. The number of aromatic nitrogens is 1. The van der Waals surface area contributed by atoms with Crippen molar-refractivity contribution in [1.29, 1.82) is 0 Å². The van der Waals surface area contributed by atoms with Gasteiger partial charge in [0, 0.05) is 12.2 Å². The summed E-state index contributed by atoms with van der Waals surface area (Å²) in [5, 5.41) is 2.65. The van der Waals surface area contributed by atoms with Gasteiger partial charge in [-0.05, 0) is 44.2 Å². The van der Waals surface area contributed by atoms with Crippen molar-refractivity contribution in [2.45, 2.75) is 26.4 Å². The molecule has 3 aromatic rings. The highest BCUT2D eigenvalue weighted by Crippen LogP contribution is 2.26. The van der Waals surface area contributed by atoms with Crippen molar-refractivity contribution in [3.63, 3.8) is 0 Å². The number of para-hydroxylation sites is 1. The lowest BCUT2D eigenvalue weighted by Gasteiger charge is -2.28. The van der Waals surface area contributed by atoms with Crippen LogP contribution in [0.5, 0.6) is 0 Å². The number of nitrogens with one attached hydrogen (secondary N) is 1. The van der Waals surface area contributed by atoms with E-state index in [9.17, 15) is 22.4 Å². The fourth-order valence-electron chi connectivity index (χ4n) is 3.10. The van der Waals surface area contributed by atoms with Gasteiger partial charge in [-0.3, -0.25) is 18.5 Å². The van der Waals surface area contributed by atoms with Crippen molar-refractivity contribution in [2.75, 3.05) is 15.9 Å². The number of benzene rings is 2. The molecule has 154 valence electrons. The SMILES string of the molecule is CCn1c(=O)sc2cc(NC(=O)[C@@H](C)N(c3ccccc3F)S(C)(=O)=O)ccc21. The summed E-state index contributed by atoms with van der Waals surface area (Å²) >= 11 is 1.06. The zero-order valence-corrected chi connectivity index (χ0v) is 17.7. The molecule has 1 aromatic heterocycles. The Morgan fingerprint density at radius 2 is 1.97 bits per heavy atom. The largest absolute Gasteiger partial charge is 0.324 e. The normalized spacial score (nSPS) is 12.7. The van der Waals surface area contributed by atoms with Crippen molar-refractivity contribution in [3.8, 4) is 0 Å². The van der Waals surface area contributed by atoms with E-state index in [0.29, 0.717) is 16.9 Å². The molecule has 1 heterocycles. The quantitative estimate of drug-likeness (QED) is 0.642. The smallest absolute Gasteiger partial charge is 0.308 e. The van der Waals surface area contributed by atoms with Gasteiger partial charge >= 0.3 is 4.87 Å². The van der Waals surface area contributed by atoms with Crippen LogP contribution in [0.25, 0.3) is 10.2 Å². The van der Waals surface area contributed by atoms with E-state index in [1.54, 1.807) is 22.8 Å². The molecule has 29 heavy (non-hydrogen) atoms. The molecule has 0 radical (unpaired) electrons. The van der Waals surface area contributed by atoms with Gasteiger partial charge in [-0.15, -0.1) is 0 Å². The van der Waals surface area contributed by atoms with Crippen molar-refractivity contribution < 1.29 is 17.6 Å². The fourth-order valence-corrected chi connectivity index (χ4v) is 5.27. The summed E-state index contributed by atoms with van der Waals surface area (Å²) in [4.78, 5) is 24.6. The van der Waals surface area contributed by atoms with Gasteiger partial charge in [0.2, 0.25) is 15.9 Å². The highest BCUT2D eigenvalue weighted by molar-refractivity contribution is 7.92. The Morgan fingerprint density at radius 3 is 2.59 bits per heavy atom. The molecule has 0 aliphatic rings. The van der Waals surface area contributed by atoms with Crippen LogP contribution in [0, 0.1) is 5.82 Å². The first kappa shape index (κ1) is 21.0. The molecule has 0 bridgehead atoms. The Morgan fingerprint density at radius 1 is 1.28 bits per heavy atom. The van der Waals surface area contributed by atoms with Crippen LogP contribution in [0.3, 0.4) is 0 Å². The van der Waals surface area contributed by atoms with Crippen LogP contribution in [0.15, 0.2) is 47.3 Å². The number of aryl methyl sites for hydroxylation is 1. The monoisotopic (exact) mass is 437 g/mol. The topological polar surface area (TPSA) is 88.5 Å². The van der Waals surface area contributed by atoms with Crippen LogP contribution in [0.1, 0.15) is 13.8 Å². The predicted molar refractivity (Wildman–Crippen MR) is 114 cm³/mol. The van der Waals surface area contributed by atoms with Gasteiger partial charge < -0.3 is 5.32 Å². The molecular formula is C19H20FN3O4S2. The minimum absolute atomic E-state index is 0.0952. The molecule has 0 aliphatic heterocycles. The number of fused-ring (bicyclic) bond motifs is 1. The van der Waals surface area contributed by atoms with E-state index in [-0.39, 0.29) is 10.6 Å². The maximum absolute atomic E-state index is 14.2. The number of carbonyl (C=O) groups excluding carboxylic acids is 1. The summed E-state index contributed by atoms with van der Waals surface area (Å²) in [6, 6.07) is 9.19. The Hall–Kier alpha value is -2.72. The maximum atomic E-state index is 14.2. The third-order valence-corrected chi connectivity index (χ3v) is 6.60. The number of carbonyl (C=O) groups is 1. The summed E-state index contributed by atoms with van der Waals surface area (Å²) in [6.45, 7) is 3.79. The zero-order chi connectivity index (χ0) is 21.3. The highest BCUT2D eigenvalue weighted by Gasteiger charge is 2.31. The van der Waals surface area contributed by atoms with E-state index in [1.165, 1.54) is 25.1 Å². The van der Waals surface area contributed by atoms with Crippen molar-refractivity contribution in [3.05, 3.63) is 57.9 Å². The number of nitrogens with zero attached hydrogens (tertiary/aromatic N) is 2. The molecular weight excluding hydrogens is 417 g/mol. The minimum atomic E-state index is -3.93. The van der Waals surface area contributed by atoms with Crippen molar-refractivity contribution in [1.82, 2.24) is 4.57 Å². The van der Waals surface area contributed by atoms with Crippen LogP contribution in [0.2, 0.25) is 0 Å². The average Bonchev–Trinajstić information content (AvgIpc) is 2.96. The summed E-state index contributed by atoms with van der Waals surface area (Å²) in [7, 11) is -3.93. The first-order chi connectivity index (χ1) is 13.6. The highest BCUT2D eigenvalue weighted by atomic mass is 32.2. The first-order valence-corrected chi connectivity index (χ1v) is 11.5. The Bertz CT molecular complexity index is 1230. The van der Waals surface area contributed by atoms with E-state index in [1.807, 2.05) is 6.92 Å². The average molecular weight is 438 g/mol. The van der Waals surface area contributed by atoms with Gasteiger partial charge in [-0.1, -0.05) is 23.5 Å². The standard InChI is InChI=1S/C19H20FN3O4S2/c1-4-22-16-10-9-13(11-17(16)28-19(22)25)21-18(24)12(2)23(29(3,26)27)15-8-6-5-7-14(15)20/h5-12H,4H2,1-3H3,(H,21,24)/t12-/m1/s1. The molecule has 0 saturated heterocycles. The molecule has 0 aliphatic carbocycles. The molecule has 1 atom stereocenters. The minimum Gasteiger partial charge on any atom is -0.324 e. The number of rotatable bonds is 6. The molecule has 3 rings (SSSR count). The number of hydrogen-bond donors (Lipinski definition) is 1. The van der Waals surface area contributed by atoms with Crippen molar-refractivity contribution in [2.24, 2.45) is 0 Å². The second-order valence-corrected chi connectivity index (χ2v) is 9.32. The number of thiazole rings is 1. The van der Waals surface area contributed by atoms with Gasteiger partial charge in [0.05, 0.1) is 22.2 Å². The predicted octanol–water partition coefficient (Wildman–Crippen LogP) is 3.02. The third-order valence-electron chi connectivity index (χ3n) is 4.43. The zero-order valence-electron chi connectivity index (χ0n) is 16.0. The van der Waals surface area contributed by atoms with Crippen LogP contribution in [-0.4, -0.2) is 31.2 Å². The Kier molecular flexibility index (Phi) is 5.76. The number of hydrogen-bond acceptors (Lipinski definition) is 5. The summed E-state index contributed by atoms with van der Waals surface area (Å²) < 4.78 is 41.8. The molecule has 1 amide bonds. The lowest BCUT2D eigenvalue weighted by molar-refractivity contribution is -0.116. The van der Waals surface area contributed by atoms with E-state index in [4.69, 9.17) is 0 Å². The summed E-state index contributed by atoms with van der Waals surface area (Å²) in [5.41, 5.74) is 0.977. The van der Waals surface area contributed by atoms with Gasteiger partial charge in [0.1, 0.15) is 11.9 Å². The first-order valence-electron chi connectivity index (χ1n) is 8.81. The van der Waals surface area contributed by atoms with E-state index in [0.717, 1.165) is 33.5 Å². The van der Waals surface area contributed by atoms with Crippen molar-refractivity contribution >= 4 is 48.9 Å². The van der Waals surface area contributed by atoms with Crippen LogP contribution in [0.4, 0.5) is 15.8 Å². The number of sulfonamides is 1. The molecule has 2 aromatic carbocycles. The van der Waals surface area contributed by atoms with Crippen LogP contribution >= 0.6 is 11.3 Å². The van der Waals surface area contributed by atoms with Crippen LogP contribution < -0.4 is 14.5 Å². The number of anilines is 2. The van der Waals surface area contributed by atoms with Crippen LogP contribution in [-0.2, 0) is 21.4 Å². The fraction of sp³-hybridized carbons (Fsp3) is 0.263. The Balaban J connectivity index is 1.91.